The lowest BCUT2D eigenvalue weighted by Gasteiger charge is -2.39. The number of hydrogen-bond donors (Lipinski definition) is 0. The van der Waals surface area contributed by atoms with E-state index in [0.717, 1.165) is 35.1 Å². The van der Waals surface area contributed by atoms with E-state index in [4.69, 9.17) is 0 Å². The van der Waals surface area contributed by atoms with E-state index in [0.29, 0.717) is 11.8 Å². The van der Waals surface area contributed by atoms with Crippen LogP contribution >= 0.6 is 11.3 Å². The van der Waals surface area contributed by atoms with Crippen molar-refractivity contribution in [1.29, 1.82) is 0 Å². The van der Waals surface area contributed by atoms with E-state index in [1.54, 1.807) is 17.7 Å². The van der Waals surface area contributed by atoms with Crippen LogP contribution in [0.15, 0.2) is 24.2 Å². The van der Waals surface area contributed by atoms with Crippen molar-refractivity contribution in [2.45, 2.75) is 24.7 Å². The zero-order valence-electron chi connectivity index (χ0n) is 11.9. The van der Waals surface area contributed by atoms with Crippen LogP contribution in [0.3, 0.4) is 0 Å². The van der Waals surface area contributed by atoms with Crippen molar-refractivity contribution in [3.8, 4) is 0 Å². The Kier molecular flexibility index (Phi) is 2.63. The lowest BCUT2D eigenvalue weighted by atomic mass is 9.99. The molecule has 1 saturated heterocycles. The fourth-order valence-corrected chi connectivity index (χ4v) is 3.54. The summed E-state index contributed by atoms with van der Waals surface area (Å²) in [6.45, 7) is 1.79. The molecule has 3 aromatic rings. The van der Waals surface area contributed by atoms with Crippen LogP contribution in [0.5, 0.6) is 0 Å². The quantitative estimate of drug-likeness (QED) is 0.740. The maximum absolute atomic E-state index is 4.56. The highest BCUT2D eigenvalue weighted by Gasteiger charge is 2.33. The van der Waals surface area contributed by atoms with Crippen LogP contribution in [0.2, 0.25) is 0 Å². The minimum Gasteiger partial charge on any atom is -0.353 e. The lowest BCUT2D eigenvalue weighted by Crippen LogP contribution is -2.46. The smallest absolute Gasteiger partial charge is 0.159 e. The van der Waals surface area contributed by atoms with E-state index >= 15 is 0 Å². The summed E-state index contributed by atoms with van der Waals surface area (Å²) < 4.78 is 0. The van der Waals surface area contributed by atoms with Gasteiger partial charge in [0.1, 0.15) is 22.5 Å². The van der Waals surface area contributed by atoms with Crippen LogP contribution in [0.25, 0.3) is 10.3 Å². The van der Waals surface area contributed by atoms with Crippen molar-refractivity contribution >= 4 is 27.5 Å². The molecule has 0 unspecified atom stereocenters. The first-order valence-electron chi connectivity index (χ1n) is 7.49. The van der Waals surface area contributed by atoms with Gasteiger partial charge in [0.25, 0.3) is 0 Å². The van der Waals surface area contributed by atoms with Gasteiger partial charge < -0.3 is 4.90 Å². The molecule has 0 aromatic carbocycles. The molecule has 0 amide bonds. The summed E-state index contributed by atoms with van der Waals surface area (Å²) in [6, 6.07) is 0. The van der Waals surface area contributed by atoms with Crippen LogP contribution in [0.4, 0.5) is 5.82 Å². The molecule has 110 valence electrons. The van der Waals surface area contributed by atoms with Gasteiger partial charge in [-0.1, -0.05) is 0 Å². The van der Waals surface area contributed by atoms with Gasteiger partial charge in [0.15, 0.2) is 5.82 Å². The Bertz CT molecular complexity index is 819. The molecule has 2 aliphatic rings. The first kappa shape index (κ1) is 12.4. The molecule has 7 heteroatoms. The molecule has 5 rings (SSSR count). The Morgan fingerprint density at radius 3 is 2.55 bits per heavy atom. The number of aromatic nitrogens is 5. The number of fused-ring (bicyclic) bond motifs is 1. The Labute approximate surface area is 131 Å². The van der Waals surface area contributed by atoms with Crippen LogP contribution in [0.1, 0.15) is 36.1 Å². The molecule has 1 aliphatic carbocycles. The number of nitrogens with zero attached hydrogens (tertiary/aromatic N) is 6. The molecule has 0 bridgehead atoms. The van der Waals surface area contributed by atoms with Gasteiger partial charge in [-0.2, -0.15) is 0 Å². The van der Waals surface area contributed by atoms with Gasteiger partial charge in [-0.25, -0.2) is 24.9 Å². The van der Waals surface area contributed by atoms with Gasteiger partial charge in [-0.15, -0.1) is 11.3 Å². The summed E-state index contributed by atoms with van der Waals surface area (Å²) in [5.41, 5.74) is 4.01. The average molecular weight is 310 g/mol. The van der Waals surface area contributed by atoms with Crippen LogP contribution in [-0.2, 0) is 0 Å². The first-order chi connectivity index (χ1) is 10.9. The molecule has 1 saturated carbocycles. The average Bonchev–Trinajstić information content (AvgIpc) is 3.24. The third-order valence-corrected chi connectivity index (χ3v) is 5.14. The summed E-state index contributed by atoms with van der Waals surface area (Å²) in [5, 5.41) is 0. The van der Waals surface area contributed by atoms with Gasteiger partial charge in [0.05, 0.1) is 11.4 Å². The van der Waals surface area contributed by atoms with Crippen molar-refractivity contribution < 1.29 is 0 Å². The SMILES string of the molecule is c1nc(N2CC(c3ncc(C4CC4)cn3)C2)c2ncsc2n1. The van der Waals surface area contributed by atoms with Crippen molar-refractivity contribution in [1.82, 2.24) is 24.9 Å². The fraction of sp³-hybridized carbons (Fsp3) is 0.400. The predicted octanol–water partition coefficient (Wildman–Crippen LogP) is 2.36. The molecule has 4 heterocycles. The van der Waals surface area contributed by atoms with Crippen molar-refractivity contribution in [3.63, 3.8) is 0 Å². The third-order valence-electron chi connectivity index (χ3n) is 4.40. The normalized spacial score (nSPS) is 18.6. The van der Waals surface area contributed by atoms with E-state index in [1.807, 2.05) is 17.9 Å². The number of thiazole rings is 1. The zero-order chi connectivity index (χ0) is 14.5. The van der Waals surface area contributed by atoms with Gasteiger partial charge >= 0.3 is 0 Å². The number of hydrogen-bond acceptors (Lipinski definition) is 7. The molecule has 0 spiro atoms. The second-order valence-electron chi connectivity index (χ2n) is 5.95. The maximum Gasteiger partial charge on any atom is 0.159 e. The van der Waals surface area contributed by atoms with E-state index in [2.05, 4.69) is 29.8 Å². The first-order valence-corrected chi connectivity index (χ1v) is 8.37. The van der Waals surface area contributed by atoms with Crippen LogP contribution in [-0.4, -0.2) is 38.0 Å². The summed E-state index contributed by atoms with van der Waals surface area (Å²) >= 11 is 1.55. The Hall–Kier alpha value is -2.15. The van der Waals surface area contributed by atoms with Crippen LogP contribution in [0, 0.1) is 0 Å². The van der Waals surface area contributed by atoms with Crippen molar-refractivity contribution in [2.75, 3.05) is 18.0 Å². The lowest BCUT2D eigenvalue weighted by molar-refractivity contribution is 0.496. The van der Waals surface area contributed by atoms with E-state index in [9.17, 15) is 0 Å². The topological polar surface area (TPSA) is 67.7 Å². The van der Waals surface area contributed by atoms with E-state index in [1.165, 1.54) is 18.4 Å². The van der Waals surface area contributed by atoms with E-state index in [-0.39, 0.29) is 0 Å². The highest BCUT2D eigenvalue weighted by Crippen LogP contribution is 2.39. The molecular weight excluding hydrogens is 296 g/mol. The number of anilines is 1. The molecule has 6 nitrogen and oxygen atoms in total. The van der Waals surface area contributed by atoms with Gasteiger partial charge in [-0.3, -0.25) is 0 Å². The molecular formula is C15H14N6S. The minimum atomic E-state index is 0.386. The zero-order valence-corrected chi connectivity index (χ0v) is 12.7. The predicted molar refractivity (Wildman–Crippen MR) is 84.2 cm³/mol. The van der Waals surface area contributed by atoms with Crippen molar-refractivity contribution in [2.24, 2.45) is 0 Å². The summed E-state index contributed by atoms with van der Waals surface area (Å²) in [4.78, 5) is 25.3. The largest absolute Gasteiger partial charge is 0.353 e. The molecule has 0 N–H and O–H groups in total. The Morgan fingerprint density at radius 1 is 0.955 bits per heavy atom. The van der Waals surface area contributed by atoms with Gasteiger partial charge in [0.2, 0.25) is 0 Å². The molecule has 0 atom stereocenters. The highest BCUT2D eigenvalue weighted by atomic mass is 32.1. The summed E-state index contributed by atoms with van der Waals surface area (Å²) in [6.07, 6.45) is 8.20. The summed E-state index contributed by atoms with van der Waals surface area (Å²) in [7, 11) is 0. The minimum absolute atomic E-state index is 0.386. The van der Waals surface area contributed by atoms with Crippen molar-refractivity contribution in [3.05, 3.63) is 35.6 Å². The molecule has 22 heavy (non-hydrogen) atoms. The monoisotopic (exact) mass is 310 g/mol. The fourth-order valence-electron chi connectivity index (χ4n) is 2.91. The highest BCUT2D eigenvalue weighted by molar-refractivity contribution is 7.16. The Balaban J connectivity index is 1.34. The standard InChI is InChI=1S/C15H14N6S/c1-2-9(1)10-3-16-13(17-4-10)11-5-21(6-11)14-12-15(19-7-18-14)22-8-20-12/h3-4,7-9,11H,1-2,5-6H2. The maximum atomic E-state index is 4.56. The third kappa shape index (κ3) is 1.96. The second kappa shape index (κ2) is 4.67. The van der Waals surface area contributed by atoms with E-state index < -0.39 is 0 Å². The second-order valence-corrected chi connectivity index (χ2v) is 6.79. The number of rotatable bonds is 3. The molecule has 0 radical (unpaired) electrons. The summed E-state index contributed by atoms with van der Waals surface area (Å²) in [5.74, 6) is 2.98. The molecule has 3 aromatic heterocycles. The van der Waals surface area contributed by atoms with Gasteiger partial charge in [-0.05, 0) is 24.3 Å². The molecule has 2 fully saturated rings. The van der Waals surface area contributed by atoms with Gasteiger partial charge in [0, 0.05) is 25.5 Å². The molecule has 1 aliphatic heterocycles. The van der Waals surface area contributed by atoms with Crippen LogP contribution < -0.4 is 4.90 Å². The Morgan fingerprint density at radius 2 is 1.77 bits per heavy atom.